The van der Waals surface area contributed by atoms with Crippen LogP contribution >= 0.6 is 23.5 Å². The minimum atomic E-state index is 0.644. The number of rotatable bonds is 8. The maximum absolute atomic E-state index is 4.53. The standard InChI is InChI=1S/C24H23N5S2/c1-18-16-19(2)26-23(25-18)31-17-22-27-28-24(29(22)21-13-7-4-8-14-21)30-15-9-12-20-10-5-3-6-11-20/h3-14,16H,15,17H2,1-2H3. The molecule has 0 unspecified atom stereocenters. The highest BCUT2D eigenvalue weighted by atomic mass is 32.2. The number of hydrogen-bond donors (Lipinski definition) is 0. The predicted molar refractivity (Wildman–Crippen MR) is 129 cm³/mol. The predicted octanol–water partition coefficient (Wildman–Crippen LogP) is 5.77. The first-order valence-corrected chi connectivity index (χ1v) is 12.0. The van der Waals surface area contributed by atoms with Crippen molar-refractivity contribution in [2.45, 2.75) is 29.9 Å². The van der Waals surface area contributed by atoms with Crippen molar-refractivity contribution < 1.29 is 0 Å². The molecule has 0 N–H and O–H groups in total. The summed E-state index contributed by atoms with van der Waals surface area (Å²) < 4.78 is 2.12. The average Bonchev–Trinajstić information content (AvgIpc) is 3.19. The summed E-state index contributed by atoms with van der Waals surface area (Å²) in [6, 6.07) is 22.5. The van der Waals surface area contributed by atoms with Crippen LogP contribution in [0, 0.1) is 13.8 Å². The van der Waals surface area contributed by atoms with Crippen LogP contribution in [0.15, 0.2) is 83.1 Å². The van der Waals surface area contributed by atoms with E-state index >= 15 is 0 Å². The highest BCUT2D eigenvalue weighted by Crippen LogP contribution is 2.26. The van der Waals surface area contributed by atoms with Crippen molar-refractivity contribution in [2.75, 3.05) is 5.75 Å². The molecule has 4 aromatic rings. The summed E-state index contributed by atoms with van der Waals surface area (Å²) in [6.07, 6.45) is 4.28. The molecule has 156 valence electrons. The fourth-order valence-electron chi connectivity index (χ4n) is 3.08. The van der Waals surface area contributed by atoms with Gasteiger partial charge in [0.1, 0.15) is 5.82 Å². The fraction of sp³-hybridized carbons (Fsp3) is 0.167. The van der Waals surface area contributed by atoms with Gasteiger partial charge in [-0.25, -0.2) is 9.97 Å². The molecule has 0 bridgehead atoms. The van der Waals surface area contributed by atoms with Gasteiger partial charge < -0.3 is 0 Å². The average molecular weight is 446 g/mol. The van der Waals surface area contributed by atoms with E-state index in [0.717, 1.165) is 39.0 Å². The van der Waals surface area contributed by atoms with E-state index in [1.165, 1.54) is 5.56 Å². The van der Waals surface area contributed by atoms with Crippen LogP contribution in [0.3, 0.4) is 0 Å². The van der Waals surface area contributed by atoms with Gasteiger partial charge in [0.25, 0.3) is 0 Å². The Balaban J connectivity index is 1.52. The van der Waals surface area contributed by atoms with Gasteiger partial charge in [-0.15, -0.1) is 10.2 Å². The van der Waals surface area contributed by atoms with E-state index in [1.54, 1.807) is 23.5 Å². The normalized spacial score (nSPS) is 11.3. The molecule has 0 radical (unpaired) electrons. The molecule has 0 aliphatic carbocycles. The summed E-state index contributed by atoms with van der Waals surface area (Å²) in [6.45, 7) is 3.98. The minimum absolute atomic E-state index is 0.644. The van der Waals surface area contributed by atoms with Crippen LogP contribution in [-0.2, 0) is 5.75 Å². The molecule has 0 fully saturated rings. The van der Waals surface area contributed by atoms with Gasteiger partial charge in [-0.05, 0) is 37.6 Å². The second-order valence-electron chi connectivity index (χ2n) is 6.92. The molecule has 2 heterocycles. The number of aromatic nitrogens is 5. The monoisotopic (exact) mass is 445 g/mol. The molecular weight excluding hydrogens is 422 g/mol. The Morgan fingerprint density at radius 3 is 2.23 bits per heavy atom. The Morgan fingerprint density at radius 1 is 0.839 bits per heavy atom. The summed E-state index contributed by atoms with van der Waals surface area (Å²) in [5.41, 5.74) is 4.19. The number of para-hydroxylation sites is 1. The number of aryl methyl sites for hydroxylation is 2. The lowest BCUT2D eigenvalue weighted by molar-refractivity contribution is 0.862. The third-order valence-corrected chi connectivity index (χ3v) is 6.15. The van der Waals surface area contributed by atoms with Gasteiger partial charge in [-0.2, -0.15) is 0 Å². The van der Waals surface area contributed by atoms with E-state index in [9.17, 15) is 0 Å². The number of hydrogen-bond acceptors (Lipinski definition) is 6. The van der Waals surface area contributed by atoms with Crippen molar-refractivity contribution in [2.24, 2.45) is 0 Å². The Kier molecular flexibility index (Phi) is 7.17. The van der Waals surface area contributed by atoms with Crippen LogP contribution in [0.25, 0.3) is 11.8 Å². The molecule has 2 aromatic heterocycles. The summed E-state index contributed by atoms with van der Waals surface area (Å²) in [7, 11) is 0. The maximum atomic E-state index is 4.53. The van der Waals surface area contributed by atoms with Crippen LogP contribution in [-0.4, -0.2) is 30.5 Å². The van der Waals surface area contributed by atoms with Crippen LogP contribution in [0.2, 0.25) is 0 Å². The van der Waals surface area contributed by atoms with Crippen LogP contribution in [0.1, 0.15) is 22.8 Å². The topological polar surface area (TPSA) is 56.5 Å². The molecule has 0 spiro atoms. The zero-order valence-electron chi connectivity index (χ0n) is 17.5. The Bertz CT molecular complexity index is 1140. The Labute approximate surface area is 191 Å². The lowest BCUT2D eigenvalue weighted by Crippen LogP contribution is -2.02. The lowest BCUT2D eigenvalue weighted by Gasteiger charge is -2.09. The van der Waals surface area contributed by atoms with Gasteiger partial charge in [0.2, 0.25) is 0 Å². The van der Waals surface area contributed by atoms with Crippen LogP contribution in [0.4, 0.5) is 0 Å². The number of nitrogens with zero attached hydrogens (tertiary/aromatic N) is 5. The van der Waals surface area contributed by atoms with Gasteiger partial charge in [-0.1, -0.05) is 84.2 Å². The van der Waals surface area contributed by atoms with Crippen molar-refractivity contribution in [3.05, 3.63) is 95.6 Å². The molecule has 0 saturated carbocycles. The SMILES string of the molecule is Cc1cc(C)nc(SCc2nnc(SCC=Cc3ccccc3)n2-c2ccccc2)n1. The molecule has 7 heteroatoms. The van der Waals surface area contributed by atoms with Crippen LogP contribution in [0.5, 0.6) is 0 Å². The molecular formula is C24H23N5S2. The van der Waals surface area contributed by atoms with Gasteiger partial charge in [0.05, 0.1) is 5.75 Å². The van der Waals surface area contributed by atoms with E-state index in [4.69, 9.17) is 0 Å². The van der Waals surface area contributed by atoms with Gasteiger partial charge in [-0.3, -0.25) is 4.57 Å². The van der Waals surface area contributed by atoms with Gasteiger partial charge in [0, 0.05) is 22.8 Å². The molecule has 0 aliphatic rings. The van der Waals surface area contributed by atoms with E-state index in [2.05, 4.69) is 61.1 Å². The van der Waals surface area contributed by atoms with Crippen molar-refractivity contribution in [3.63, 3.8) is 0 Å². The first kappa shape index (κ1) is 21.3. The molecule has 0 atom stereocenters. The molecule has 4 rings (SSSR count). The first-order valence-electron chi connectivity index (χ1n) is 9.98. The van der Waals surface area contributed by atoms with E-state index < -0.39 is 0 Å². The van der Waals surface area contributed by atoms with Crippen molar-refractivity contribution >= 4 is 29.6 Å². The number of benzene rings is 2. The second kappa shape index (κ2) is 10.4. The minimum Gasteiger partial charge on any atom is -0.273 e. The zero-order valence-corrected chi connectivity index (χ0v) is 19.1. The third-order valence-electron chi connectivity index (χ3n) is 4.43. The molecule has 0 aliphatic heterocycles. The maximum Gasteiger partial charge on any atom is 0.196 e. The quantitative estimate of drug-likeness (QED) is 0.253. The largest absolute Gasteiger partial charge is 0.273 e. The number of thioether (sulfide) groups is 2. The highest BCUT2D eigenvalue weighted by Gasteiger charge is 2.15. The van der Waals surface area contributed by atoms with Crippen molar-refractivity contribution in [1.82, 2.24) is 24.7 Å². The van der Waals surface area contributed by atoms with Crippen molar-refractivity contribution in [1.29, 1.82) is 0 Å². The molecule has 0 amide bonds. The fourth-order valence-corrected chi connectivity index (χ4v) is 4.72. The van der Waals surface area contributed by atoms with Crippen LogP contribution < -0.4 is 0 Å². The molecule has 5 nitrogen and oxygen atoms in total. The van der Waals surface area contributed by atoms with Gasteiger partial charge in [0.15, 0.2) is 10.3 Å². The Morgan fingerprint density at radius 2 is 1.52 bits per heavy atom. The summed E-state index contributed by atoms with van der Waals surface area (Å²) in [5, 5.41) is 10.6. The Hall–Kier alpha value is -2.90. The molecule has 2 aromatic carbocycles. The highest BCUT2D eigenvalue weighted by molar-refractivity contribution is 7.99. The molecule has 0 saturated heterocycles. The smallest absolute Gasteiger partial charge is 0.196 e. The van der Waals surface area contributed by atoms with E-state index in [0.29, 0.717) is 5.75 Å². The second-order valence-corrected chi connectivity index (χ2v) is 8.85. The lowest BCUT2D eigenvalue weighted by atomic mass is 10.2. The third kappa shape index (κ3) is 5.83. The zero-order chi connectivity index (χ0) is 21.5. The van der Waals surface area contributed by atoms with Crippen molar-refractivity contribution in [3.8, 4) is 5.69 Å². The summed E-state index contributed by atoms with van der Waals surface area (Å²) >= 11 is 3.25. The first-order chi connectivity index (χ1) is 15.2. The summed E-state index contributed by atoms with van der Waals surface area (Å²) in [4.78, 5) is 9.06. The van der Waals surface area contributed by atoms with E-state index in [1.807, 2.05) is 56.3 Å². The van der Waals surface area contributed by atoms with E-state index in [-0.39, 0.29) is 0 Å². The molecule has 31 heavy (non-hydrogen) atoms. The summed E-state index contributed by atoms with van der Waals surface area (Å²) in [5.74, 6) is 2.34. The van der Waals surface area contributed by atoms with Gasteiger partial charge >= 0.3 is 0 Å².